The predicted molar refractivity (Wildman–Crippen MR) is 107 cm³/mol. The third-order valence-corrected chi connectivity index (χ3v) is 4.65. The van der Waals surface area contributed by atoms with Gasteiger partial charge in [-0.15, -0.1) is 0 Å². The second kappa shape index (κ2) is 9.92. The van der Waals surface area contributed by atoms with E-state index >= 15 is 0 Å². The van der Waals surface area contributed by atoms with Crippen molar-refractivity contribution in [2.75, 3.05) is 31.6 Å². The van der Waals surface area contributed by atoms with Crippen molar-refractivity contribution in [2.45, 2.75) is 32.4 Å². The van der Waals surface area contributed by atoms with Crippen LogP contribution >= 0.6 is 0 Å². The molecule has 1 aromatic carbocycles. The number of benzene rings is 1. The Labute approximate surface area is 160 Å². The maximum atomic E-state index is 12.7. The van der Waals surface area contributed by atoms with Crippen LogP contribution in [0.15, 0.2) is 48.7 Å². The Morgan fingerprint density at radius 2 is 2.07 bits per heavy atom. The molecule has 1 saturated heterocycles. The van der Waals surface area contributed by atoms with Crippen LogP contribution in [0.25, 0.3) is 0 Å². The lowest BCUT2D eigenvalue weighted by atomic mass is 10.2. The average molecular weight is 368 g/mol. The number of aromatic nitrogens is 1. The van der Waals surface area contributed by atoms with E-state index in [1.165, 1.54) is 0 Å². The van der Waals surface area contributed by atoms with Gasteiger partial charge in [0.25, 0.3) is 0 Å². The first kappa shape index (κ1) is 19.2. The SMILES string of the molecule is Cc1cccnc1NCCNC(=O)N(Cc1ccccc1)C[C@@H]1CCCO1. The number of anilines is 1. The number of rotatable bonds is 8. The van der Waals surface area contributed by atoms with Crippen molar-refractivity contribution >= 4 is 11.8 Å². The maximum absolute atomic E-state index is 12.7. The molecule has 2 aromatic rings. The van der Waals surface area contributed by atoms with E-state index < -0.39 is 0 Å². The van der Waals surface area contributed by atoms with Gasteiger partial charge >= 0.3 is 6.03 Å². The Kier molecular flexibility index (Phi) is 7.04. The molecule has 2 N–H and O–H groups in total. The minimum atomic E-state index is -0.0612. The van der Waals surface area contributed by atoms with Gasteiger partial charge in [-0.3, -0.25) is 0 Å². The first-order valence-corrected chi connectivity index (χ1v) is 9.56. The predicted octanol–water partition coefficient (Wildman–Crippen LogP) is 3.19. The van der Waals surface area contributed by atoms with Crippen molar-refractivity contribution in [3.8, 4) is 0 Å². The molecule has 0 spiro atoms. The van der Waals surface area contributed by atoms with Crippen molar-refractivity contribution in [1.29, 1.82) is 0 Å². The fourth-order valence-electron chi connectivity index (χ4n) is 3.19. The number of nitrogens with one attached hydrogen (secondary N) is 2. The van der Waals surface area contributed by atoms with E-state index in [0.717, 1.165) is 36.4 Å². The highest BCUT2D eigenvalue weighted by atomic mass is 16.5. The third-order valence-electron chi connectivity index (χ3n) is 4.65. The fourth-order valence-corrected chi connectivity index (χ4v) is 3.19. The summed E-state index contributed by atoms with van der Waals surface area (Å²) in [6.07, 6.45) is 3.98. The first-order chi connectivity index (χ1) is 13.2. The summed E-state index contributed by atoms with van der Waals surface area (Å²) in [6, 6.07) is 13.9. The number of carbonyl (C=O) groups excluding carboxylic acids is 1. The molecule has 1 aromatic heterocycles. The Balaban J connectivity index is 1.51. The van der Waals surface area contributed by atoms with E-state index in [1.807, 2.05) is 54.3 Å². The summed E-state index contributed by atoms with van der Waals surface area (Å²) in [7, 11) is 0. The number of amides is 2. The molecular weight excluding hydrogens is 340 g/mol. The maximum Gasteiger partial charge on any atom is 0.317 e. The minimum Gasteiger partial charge on any atom is -0.376 e. The van der Waals surface area contributed by atoms with Crippen LogP contribution in [0.4, 0.5) is 10.6 Å². The lowest BCUT2D eigenvalue weighted by Gasteiger charge is -2.26. The number of pyridine rings is 1. The highest BCUT2D eigenvalue weighted by Gasteiger charge is 2.22. The smallest absolute Gasteiger partial charge is 0.317 e. The Morgan fingerprint density at radius 1 is 1.22 bits per heavy atom. The summed E-state index contributed by atoms with van der Waals surface area (Å²) in [5, 5.41) is 6.27. The summed E-state index contributed by atoms with van der Waals surface area (Å²) in [5.41, 5.74) is 2.21. The number of urea groups is 1. The quantitative estimate of drug-likeness (QED) is 0.702. The lowest BCUT2D eigenvalue weighted by molar-refractivity contribution is 0.0795. The van der Waals surface area contributed by atoms with E-state index in [4.69, 9.17) is 4.74 Å². The van der Waals surface area contributed by atoms with Crippen LogP contribution < -0.4 is 10.6 Å². The molecule has 1 atom stereocenters. The van der Waals surface area contributed by atoms with Crippen LogP contribution in [0.5, 0.6) is 0 Å². The van der Waals surface area contributed by atoms with Gasteiger partial charge in [-0.05, 0) is 37.0 Å². The molecular formula is C21H28N4O2. The van der Waals surface area contributed by atoms with E-state index in [1.54, 1.807) is 6.20 Å². The van der Waals surface area contributed by atoms with Gasteiger partial charge < -0.3 is 20.3 Å². The number of hydrogen-bond acceptors (Lipinski definition) is 4. The highest BCUT2D eigenvalue weighted by molar-refractivity contribution is 5.74. The van der Waals surface area contributed by atoms with Crippen molar-refractivity contribution < 1.29 is 9.53 Å². The molecule has 0 unspecified atom stereocenters. The molecule has 0 aliphatic carbocycles. The van der Waals surface area contributed by atoms with Gasteiger partial charge in [0.05, 0.1) is 6.10 Å². The molecule has 6 heteroatoms. The number of carbonyl (C=O) groups is 1. The average Bonchev–Trinajstić information content (AvgIpc) is 3.20. The molecule has 27 heavy (non-hydrogen) atoms. The molecule has 0 bridgehead atoms. The second-order valence-electron chi connectivity index (χ2n) is 6.83. The molecule has 144 valence electrons. The van der Waals surface area contributed by atoms with Gasteiger partial charge in [0.1, 0.15) is 5.82 Å². The van der Waals surface area contributed by atoms with Gasteiger partial charge in [-0.25, -0.2) is 9.78 Å². The lowest BCUT2D eigenvalue weighted by Crippen LogP contribution is -2.44. The van der Waals surface area contributed by atoms with E-state index in [2.05, 4.69) is 15.6 Å². The van der Waals surface area contributed by atoms with Crippen molar-refractivity contribution in [3.63, 3.8) is 0 Å². The zero-order chi connectivity index (χ0) is 18.9. The third kappa shape index (κ3) is 5.96. The van der Waals surface area contributed by atoms with Crippen LogP contribution in [0, 0.1) is 6.92 Å². The number of aryl methyl sites for hydroxylation is 1. The second-order valence-corrected chi connectivity index (χ2v) is 6.83. The first-order valence-electron chi connectivity index (χ1n) is 9.56. The van der Waals surface area contributed by atoms with Crippen LogP contribution in [0.1, 0.15) is 24.0 Å². The summed E-state index contributed by atoms with van der Waals surface area (Å²) in [4.78, 5) is 18.9. The van der Waals surface area contributed by atoms with Crippen molar-refractivity contribution in [2.24, 2.45) is 0 Å². The summed E-state index contributed by atoms with van der Waals surface area (Å²) >= 11 is 0. The van der Waals surface area contributed by atoms with Crippen LogP contribution in [0.3, 0.4) is 0 Å². The molecule has 2 heterocycles. The highest BCUT2D eigenvalue weighted by Crippen LogP contribution is 2.15. The topological polar surface area (TPSA) is 66.5 Å². The van der Waals surface area contributed by atoms with Gasteiger partial charge in [-0.2, -0.15) is 0 Å². The molecule has 2 amide bonds. The summed E-state index contributed by atoms with van der Waals surface area (Å²) < 4.78 is 5.73. The summed E-state index contributed by atoms with van der Waals surface area (Å²) in [6.45, 7) is 5.16. The molecule has 1 fully saturated rings. The Bertz CT molecular complexity index is 717. The van der Waals surface area contributed by atoms with Crippen molar-refractivity contribution in [1.82, 2.24) is 15.2 Å². The molecule has 1 aliphatic heterocycles. The van der Waals surface area contributed by atoms with Gasteiger partial charge in [0.15, 0.2) is 0 Å². The molecule has 1 aliphatic rings. The number of nitrogens with zero attached hydrogens (tertiary/aromatic N) is 2. The van der Waals surface area contributed by atoms with Crippen molar-refractivity contribution in [3.05, 3.63) is 59.8 Å². The zero-order valence-corrected chi connectivity index (χ0v) is 15.9. The Morgan fingerprint density at radius 3 is 2.81 bits per heavy atom. The monoisotopic (exact) mass is 368 g/mol. The number of hydrogen-bond donors (Lipinski definition) is 2. The zero-order valence-electron chi connectivity index (χ0n) is 15.9. The van der Waals surface area contributed by atoms with Gasteiger partial charge in [0.2, 0.25) is 0 Å². The number of ether oxygens (including phenoxy) is 1. The minimum absolute atomic E-state index is 0.0612. The van der Waals surface area contributed by atoms with Crippen LogP contribution in [-0.4, -0.2) is 48.3 Å². The van der Waals surface area contributed by atoms with Crippen LogP contribution in [-0.2, 0) is 11.3 Å². The molecule has 0 radical (unpaired) electrons. The summed E-state index contributed by atoms with van der Waals surface area (Å²) in [5.74, 6) is 0.854. The van der Waals surface area contributed by atoms with Gasteiger partial charge in [-0.1, -0.05) is 36.4 Å². The van der Waals surface area contributed by atoms with E-state index in [9.17, 15) is 4.79 Å². The molecule has 0 saturated carbocycles. The molecule has 6 nitrogen and oxygen atoms in total. The fraction of sp³-hybridized carbons (Fsp3) is 0.429. The standard InChI is InChI=1S/C21H28N4O2/c1-17-7-5-11-22-20(17)23-12-13-24-21(26)25(16-19-10-6-14-27-19)15-18-8-3-2-4-9-18/h2-5,7-9,11,19H,6,10,12-16H2,1H3,(H,22,23)(H,24,26)/t19-/m0/s1. The normalized spacial score (nSPS) is 16.1. The largest absolute Gasteiger partial charge is 0.376 e. The van der Waals surface area contributed by atoms with E-state index in [0.29, 0.717) is 26.2 Å². The van der Waals surface area contributed by atoms with Gasteiger partial charge in [0, 0.05) is 39.0 Å². The molecule has 3 rings (SSSR count). The van der Waals surface area contributed by atoms with Crippen LogP contribution in [0.2, 0.25) is 0 Å². The Hall–Kier alpha value is -2.60. The van der Waals surface area contributed by atoms with E-state index in [-0.39, 0.29) is 12.1 Å².